The second-order valence-electron chi connectivity index (χ2n) is 6.41. The number of piperidine rings is 1. The van der Waals surface area contributed by atoms with Crippen molar-refractivity contribution in [2.24, 2.45) is 0 Å². The van der Waals surface area contributed by atoms with Crippen LogP contribution in [0.4, 0.5) is 5.82 Å². The fraction of sp³-hybridized carbons (Fsp3) is 0.368. The molecule has 0 spiro atoms. The van der Waals surface area contributed by atoms with Gasteiger partial charge in [-0.1, -0.05) is 6.07 Å². The highest BCUT2D eigenvalue weighted by Crippen LogP contribution is 2.37. The van der Waals surface area contributed by atoms with Crippen molar-refractivity contribution in [2.75, 3.05) is 25.5 Å². The molecular weight excluding hydrogens is 332 g/mol. The van der Waals surface area contributed by atoms with Crippen LogP contribution in [0.3, 0.4) is 0 Å². The number of nitrogens with one attached hydrogen (secondary N) is 2. The van der Waals surface area contributed by atoms with Crippen LogP contribution in [0.1, 0.15) is 18.4 Å². The molecule has 1 aromatic carbocycles. The number of anilines is 1. The molecule has 0 saturated carbocycles. The molecule has 0 radical (unpaired) electrons. The molecule has 0 bridgehead atoms. The van der Waals surface area contributed by atoms with Gasteiger partial charge >= 0.3 is 0 Å². The average molecular weight is 355 g/mol. The van der Waals surface area contributed by atoms with Crippen LogP contribution in [-0.4, -0.2) is 36.4 Å². The molecule has 3 aromatic rings. The maximum atomic E-state index is 7.86. The van der Waals surface area contributed by atoms with Gasteiger partial charge in [-0.25, -0.2) is 0 Å². The molecule has 2 N–H and O–H groups in total. The number of benzene rings is 1. The Hall–Kier alpha value is -2.18. The third-order valence-corrected chi connectivity index (χ3v) is 5.34. The Kier molecular flexibility index (Phi) is 4.22. The lowest BCUT2D eigenvalue weighted by Gasteiger charge is -2.24. The first-order valence-electron chi connectivity index (χ1n) is 8.98. The number of rotatable bonds is 4. The Labute approximate surface area is 152 Å². The highest BCUT2D eigenvalue weighted by molar-refractivity contribution is 7.09. The number of aryl methyl sites for hydroxylation is 1. The van der Waals surface area contributed by atoms with Crippen molar-refractivity contribution in [3.8, 4) is 17.0 Å². The second kappa shape index (κ2) is 6.98. The van der Waals surface area contributed by atoms with Crippen LogP contribution in [0.25, 0.3) is 22.0 Å². The topological polar surface area (TPSA) is 59.1 Å². The van der Waals surface area contributed by atoms with Gasteiger partial charge in [0.2, 0.25) is 0 Å². The highest BCUT2D eigenvalue weighted by Gasteiger charge is 2.18. The molecule has 1 saturated heterocycles. The number of fused-ring (bicyclic) bond motifs is 1. The minimum absolute atomic E-state index is 0.235. The molecule has 3 heterocycles. The van der Waals surface area contributed by atoms with Crippen molar-refractivity contribution in [3.63, 3.8) is 0 Å². The summed E-state index contributed by atoms with van der Waals surface area (Å²) in [5.74, 6) is 1.61. The van der Waals surface area contributed by atoms with Crippen LogP contribution in [0.15, 0.2) is 29.0 Å². The van der Waals surface area contributed by atoms with E-state index in [1.54, 1.807) is 23.8 Å². The molecule has 25 heavy (non-hydrogen) atoms. The van der Waals surface area contributed by atoms with E-state index < -0.39 is 0 Å². The van der Waals surface area contributed by atoms with Crippen LogP contribution in [0, 0.1) is 6.92 Å². The summed E-state index contributed by atoms with van der Waals surface area (Å²) in [6.45, 7) is 3.59. The monoisotopic (exact) mass is 355 g/mol. The molecule has 1 aliphatic rings. The summed E-state index contributed by atoms with van der Waals surface area (Å²) < 4.78 is 13.4. The van der Waals surface area contributed by atoms with E-state index in [1.165, 1.54) is 0 Å². The molecule has 0 amide bonds. The Morgan fingerprint density at radius 2 is 2.20 bits per heavy atom. The number of methoxy groups -OCH3 is 1. The van der Waals surface area contributed by atoms with E-state index in [-0.39, 0.29) is 6.04 Å². The number of hydrogen-bond acceptors (Lipinski definition) is 6. The first kappa shape index (κ1) is 15.1. The van der Waals surface area contributed by atoms with Crippen LogP contribution in [0.5, 0.6) is 5.75 Å². The predicted octanol–water partition coefficient (Wildman–Crippen LogP) is 3.84. The summed E-state index contributed by atoms with van der Waals surface area (Å²) in [6.07, 6.45) is 2.08. The van der Waals surface area contributed by atoms with Gasteiger partial charge in [-0.2, -0.15) is 11.3 Å². The zero-order valence-electron chi connectivity index (χ0n) is 15.5. The lowest BCUT2D eigenvalue weighted by atomic mass is 10.0. The van der Waals surface area contributed by atoms with Crippen LogP contribution in [0.2, 0.25) is 1.41 Å². The third kappa shape index (κ3) is 3.19. The molecule has 1 atom stereocenters. The molecule has 1 fully saturated rings. The molecule has 1 aliphatic heterocycles. The van der Waals surface area contributed by atoms with Gasteiger partial charge in [0, 0.05) is 39.7 Å². The third-order valence-electron chi connectivity index (χ3n) is 4.59. The summed E-state index contributed by atoms with van der Waals surface area (Å²) >= 11 is 1.65. The maximum absolute atomic E-state index is 7.86. The van der Waals surface area contributed by atoms with E-state index >= 15 is 0 Å². The summed E-state index contributed by atoms with van der Waals surface area (Å²) in [7, 11) is 1.68. The van der Waals surface area contributed by atoms with Gasteiger partial charge in [0.05, 0.1) is 7.11 Å². The van der Waals surface area contributed by atoms with Crippen molar-refractivity contribution < 1.29 is 6.15 Å². The van der Waals surface area contributed by atoms with Crippen molar-refractivity contribution in [1.29, 1.82) is 0 Å². The first-order valence-corrected chi connectivity index (χ1v) is 9.48. The van der Waals surface area contributed by atoms with Gasteiger partial charge in [0.25, 0.3) is 0 Å². The largest absolute Gasteiger partial charge is 0.496 e. The molecule has 5 nitrogen and oxygen atoms in total. The Bertz CT molecular complexity index is 929. The lowest BCUT2D eigenvalue weighted by Crippen LogP contribution is -2.38. The zero-order valence-corrected chi connectivity index (χ0v) is 15.3. The summed E-state index contributed by atoms with van der Waals surface area (Å²) in [6, 6.07) is 6.36. The smallest absolute Gasteiger partial charge is 0.157 e. The number of nitrogens with zero attached hydrogens (tertiary/aromatic N) is 2. The van der Waals surface area contributed by atoms with Crippen molar-refractivity contribution in [3.05, 3.63) is 34.5 Å². The van der Waals surface area contributed by atoms with Gasteiger partial charge in [0.1, 0.15) is 12.9 Å². The second-order valence-corrected chi connectivity index (χ2v) is 7.16. The average Bonchev–Trinajstić information content (AvgIpc) is 3.12. The highest BCUT2D eigenvalue weighted by atomic mass is 32.1. The van der Waals surface area contributed by atoms with E-state index in [4.69, 9.17) is 6.15 Å². The minimum Gasteiger partial charge on any atom is -0.496 e. The van der Waals surface area contributed by atoms with Crippen LogP contribution >= 0.6 is 11.3 Å². The van der Waals surface area contributed by atoms with E-state index in [1.807, 2.05) is 19.1 Å². The van der Waals surface area contributed by atoms with Gasteiger partial charge < -0.3 is 15.4 Å². The molecule has 2 aromatic heterocycles. The van der Waals surface area contributed by atoms with Gasteiger partial charge in [-0.3, -0.25) is 0 Å². The summed E-state index contributed by atoms with van der Waals surface area (Å²) in [4.78, 5) is 0. The van der Waals surface area contributed by atoms with E-state index in [9.17, 15) is 0 Å². The van der Waals surface area contributed by atoms with E-state index in [0.29, 0.717) is 6.54 Å². The predicted molar refractivity (Wildman–Crippen MR) is 104 cm³/mol. The molecule has 4 rings (SSSR count). The summed E-state index contributed by atoms with van der Waals surface area (Å²) in [5, 5.41) is 20.5. The molecule has 0 unspecified atom stereocenters. The van der Waals surface area contributed by atoms with Crippen molar-refractivity contribution in [2.45, 2.75) is 25.8 Å². The molecule has 0 aliphatic carbocycles. The number of hydrogen-bond donors (Lipinski definition) is 2. The minimum atomic E-state index is 0.235. The number of ether oxygens (including phenoxy) is 1. The van der Waals surface area contributed by atoms with Gasteiger partial charge in [-0.05, 0) is 44.0 Å². The Morgan fingerprint density at radius 1 is 1.32 bits per heavy atom. The van der Waals surface area contributed by atoms with E-state index in [2.05, 4.69) is 32.3 Å². The Balaban J connectivity index is 1.72. The summed E-state index contributed by atoms with van der Waals surface area (Å²) in [5.41, 5.74) is 2.95. The molecular formula is C19H22N4OS. The lowest BCUT2D eigenvalue weighted by molar-refractivity contribution is 0.416. The SMILES string of the molecule is [2H]N1CCC[C@@H](Nc2nnc(-c3ccc(C)cc3OC)c3cscc23)C1. The maximum Gasteiger partial charge on any atom is 0.157 e. The zero-order chi connectivity index (χ0) is 18.1. The standard InChI is InChI=1S/C19H22N4OS/c1-12-5-6-14(17(8-12)24-2)18-15-10-25-11-16(15)19(23-22-18)21-13-4-3-7-20-9-13/h5-6,8,10-11,13,20H,3-4,7,9H2,1-2H3,(H,21,23)/t13-/m1/s1/i/hD. The van der Waals surface area contributed by atoms with Crippen LogP contribution < -0.4 is 15.4 Å². The van der Waals surface area contributed by atoms with E-state index in [0.717, 1.165) is 58.5 Å². The van der Waals surface area contributed by atoms with Gasteiger partial charge in [-0.15, -0.1) is 10.2 Å². The fourth-order valence-corrected chi connectivity index (χ4v) is 4.09. The normalized spacial score (nSPS) is 19.0. The Morgan fingerprint density at radius 3 is 3.04 bits per heavy atom. The fourth-order valence-electron chi connectivity index (χ4n) is 3.27. The quantitative estimate of drug-likeness (QED) is 0.745. The van der Waals surface area contributed by atoms with Crippen molar-refractivity contribution >= 4 is 27.9 Å². The number of aromatic nitrogens is 2. The van der Waals surface area contributed by atoms with Gasteiger partial charge in [0.15, 0.2) is 5.82 Å². The molecule has 130 valence electrons. The first-order chi connectivity index (χ1) is 12.7. The van der Waals surface area contributed by atoms with Crippen molar-refractivity contribution in [1.82, 2.24) is 15.5 Å². The molecule has 6 heteroatoms. The number of thiophene rings is 1. The van der Waals surface area contributed by atoms with Crippen LogP contribution in [-0.2, 0) is 0 Å².